The molecule has 16 heavy (non-hydrogen) atoms. The highest BCUT2D eigenvalue weighted by Gasteiger charge is 2.19. The van der Waals surface area contributed by atoms with E-state index in [9.17, 15) is 9.59 Å². The van der Waals surface area contributed by atoms with E-state index in [-0.39, 0.29) is 17.7 Å². The zero-order valence-corrected chi connectivity index (χ0v) is 9.86. The molecule has 0 aliphatic rings. The van der Waals surface area contributed by atoms with Gasteiger partial charge in [-0.1, -0.05) is 44.2 Å². The maximum Gasteiger partial charge on any atom is 0.288 e. The summed E-state index contributed by atoms with van der Waals surface area (Å²) in [6, 6.07) is 9.42. The number of rotatable bonds is 4. The van der Waals surface area contributed by atoms with Crippen LogP contribution in [0.4, 0.5) is 0 Å². The second kappa shape index (κ2) is 5.45. The third kappa shape index (κ3) is 3.19. The number of amides is 1. The van der Waals surface area contributed by atoms with Gasteiger partial charge >= 0.3 is 0 Å². The largest absolute Gasteiger partial charge is 0.343 e. The van der Waals surface area contributed by atoms with Gasteiger partial charge in [-0.2, -0.15) is 0 Å². The van der Waals surface area contributed by atoms with Crippen molar-refractivity contribution in [3.05, 3.63) is 35.9 Å². The molecule has 1 N–H and O–H groups in total. The summed E-state index contributed by atoms with van der Waals surface area (Å²) in [5.74, 6) is -1.14. The van der Waals surface area contributed by atoms with Crippen LogP contribution in [-0.4, -0.2) is 11.7 Å². The van der Waals surface area contributed by atoms with E-state index in [1.165, 1.54) is 0 Å². The SMILES string of the molecule is CC(C)C(=O)C(=O)N[C@@H](C)c1ccccc1. The summed E-state index contributed by atoms with van der Waals surface area (Å²) >= 11 is 0. The zero-order valence-electron chi connectivity index (χ0n) is 9.86. The summed E-state index contributed by atoms with van der Waals surface area (Å²) in [5, 5.41) is 2.69. The second-order valence-corrected chi connectivity index (χ2v) is 4.12. The van der Waals surface area contributed by atoms with Crippen molar-refractivity contribution < 1.29 is 9.59 Å². The first-order chi connectivity index (χ1) is 7.52. The van der Waals surface area contributed by atoms with Gasteiger partial charge in [0, 0.05) is 5.92 Å². The molecule has 1 aromatic carbocycles. The second-order valence-electron chi connectivity index (χ2n) is 4.12. The molecule has 3 nitrogen and oxygen atoms in total. The van der Waals surface area contributed by atoms with E-state index >= 15 is 0 Å². The number of hydrogen-bond acceptors (Lipinski definition) is 2. The van der Waals surface area contributed by atoms with Crippen LogP contribution in [0.25, 0.3) is 0 Å². The Morgan fingerprint density at radius 3 is 2.12 bits per heavy atom. The van der Waals surface area contributed by atoms with Crippen LogP contribution in [0, 0.1) is 5.92 Å². The lowest BCUT2D eigenvalue weighted by molar-refractivity contribution is -0.140. The number of benzene rings is 1. The van der Waals surface area contributed by atoms with Crippen molar-refractivity contribution in [2.75, 3.05) is 0 Å². The number of carbonyl (C=O) groups is 2. The first-order valence-corrected chi connectivity index (χ1v) is 5.42. The summed E-state index contributed by atoms with van der Waals surface area (Å²) in [7, 11) is 0. The van der Waals surface area contributed by atoms with Crippen LogP contribution in [0.3, 0.4) is 0 Å². The van der Waals surface area contributed by atoms with Crippen LogP contribution in [0.15, 0.2) is 30.3 Å². The number of ketones is 1. The fourth-order valence-electron chi connectivity index (χ4n) is 1.36. The van der Waals surface area contributed by atoms with E-state index in [2.05, 4.69) is 5.32 Å². The fraction of sp³-hybridized carbons (Fsp3) is 0.385. The average Bonchev–Trinajstić information content (AvgIpc) is 2.28. The van der Waals surface area contributed by atoms with Crippen molar-refractivity contribution >= 4 is 11.7 Å². The van der Waals surface area contributed by atoms with Gasteiger partial charge in [0.05, 0.1) is 6.04 Å². The Kier molecular flexibility index (Phi) is 4.23. The smallest absolute Gasteiger partial charge is 0.288 e. The summed E-state index contributed by atoms with van der Waals surface area (Å²) in [6.07, 6.45) is 0. The molecule has 1 rings (SSSR count). The van der Waals surface area contributed by atoms with Crippen LogP contribution in [0.1, 0.15) is 32.4 Å². The van der Waals surface area contributed by atoms with Gasteiger partial charge in [-0.15, -0.1) is 0 Å². The normalized spacial score (nSPS) is 12.2. The minimum atomic E-state index is -0.508. The fourth-order valence-corrected chi connectivity index (χ4v) is 1.36. The Hall–Kier alpha value is -1.64. The molecule has 0 bridgehead atoms. The Morgan fingerprint density at radius 1 is 1.06 bits per heavy atom. The topological polar surface area (TPSA) is 46.2 Å². The molecule has 0 unspecified atom stereocenters. The van der Waals surface area contributed by atoms with E-state index in [4.69, 9.17) is 0 Å². The third-order valence-corrected chi connectivity index (χ3v) is 2.40. The van der Waals surface area contributed by atoms with Crippen LogP contribution in [-0.2, 0) is 9.59 Å². The number of hydrogen-bond donors (Lipinski definition) is 1. The van der Waals surface area contributed by atoms with Crippen molar-refractivity contribution in [3.8, 4) is 0 Å². The van der Waals surface area contributed by atoms with Crippen LogP contribution in [0.5, 0.6) is 0 Å². The molecule has 0 spiro atoms. The molecule has 3 heteroatoms. The van der Waals surface area contributed by atoms with Crippen molar-refractivity contribution in [1.82, 2.24) is 5.32 Å². The van der Waals surface area contributed by atoms with Crippen LogP contribution < -0.4 is 5.32 Å². The summed E-state index contributed by atoms with van der Waals surface area (Å²) < 4.78 is 0. The lowest BCUT2D eigenvalue weighted by Gasteiger charge is -2.14. The summed E-state index contributed by atoms with van der Waals surface area (Å²) in [6.45, 7) is 5.30. The highest BCUT2D eigenvalue weighted by Crippen LogP contribution is 2.11. The average molecular weight is 219 g/mol. The molecule has 0 aliphatic heterocycles. The minimum Gasteiger partial charge on any atom is -0.343 e. The summed E-state index contributed by atoms with van der Waals surface area (Å²) in [5.41, 5.74) is 0.993. The number of carbonyl (C=O) groups excluding carboxylic acids is 2. The highest BCUT2D eigenvalue weighted by molar-refractivity contribution is 6.36. The third-order valence-electron chi connectivity index (χ3n) is 2.40. The first kappa shape index (κ1) is 12.4. The molecule has 0 fully saturated rings. The quantitative estimate of drug-likeness (QED) is 0.788. The molecule has 1 amide bonds. The van der Waals surface area contributed by atoms with E-state index in [0.29, 0.717) is 0 Å². The molecule has 1 aromatic rings. The first-order valence-electron chi connectivity index (χ1n) is 5.42. The highest BCUT2D eigenvalue weighted by atomic mass is 16.2. The maximum absolute atomic E-state index is 11.5. The molecule has 1 atom stereocenters. The van der Waals surface area contributed by atoms with Crippen LogP contribution >= 0.6 is 0 Å². The molecular weight excluding hydrogens is 202 g/mol. The zero-order chi connectivity index (χ0) is 12.1. The van der Waals surface area contributed by atoms with Gasteiger partial charge in [0.1, 0.15) is 0 Å². The lowest BCUT2D eigenvalue weighted by Crippen LogP contribution is -2.35. The van der Waals surface area contributed by atoms with E-state index in [0.717, 1.165) is 5.56 Å². The lowest BCUT2D eigenvalue weighted by atomic mass is 10.1. The molecule has 0 heterocycles. The van der Waals surface area contributed by atoms with Crippen molar-refractivity contribution in [3.63, 3.8) is 0 Å². The van der Waals surface area contributed by atoms with Gasteiger partial charge in [0.2, 0.25) is 5.78 Å². The Bertz CT molecular complexity index is 371. The van der Waals surface area contributed by atoms with E-state index < -0.39 is 5.91 Å². The molecular formula is C13H17NO2. The summed E-state index contributed by atoms with van der Waals surface area (Å²) in [4.78, 5) is 22.9. The number of nitrogens with one attached hydrogen (secondary N) is 1. The van der Waals surface area contributed by atoms with Gasteiger partial charge in [-0.05, 0) is 12.5 Å². The van der Waals surface area contributed by atoms with Gasteiger partial charge < -0.3 is 5.32 Å². The predicted octanol–water partition coefficient (Wildman–Crippen LogP) is 2.09. The van der Waals surface area contributed by atoms with Crippen molar-refractivity contribution in [2.45, 2.75) is 26.8 Å². The van der Waals surface area contributed by atoms with Gasteiger partial charge in [-0.25, -0.2) is 0 Å². The van der Waals surface area contributed by atoms with Crippen molar-refractivity contribution in [2.24, 2.45) is 5.92 Å². The Labute approximate surface area is 95.9 Å². The molecule has 86 valence electrons. The van der Waals surface area contributed by atoms with Crippen molar-refractivity contribution in [1.29, 1.82) is 0 Å². The Balaban J connectivity index is 2.62. The maximum atomic E-state index is 11.5. The molecule has 0 aliphatic carbocycles. The van der Waals surface area contributed by atoms with Gasteiger partial charge in [0.25, 0.3) is 5.91 Å². The standard InChI is InChI=1S/C13H17NO2/c1-9(2)12(15)13(16)14-10(3)11-7-5-4-6-8-11/h4-10H,1-3H3,(H,14,16)/t10-/m0/s1. The minimum absolute atomic E-state index is 0.142. The monoisotopic (exact) mass is 219 g/mol. The molecule has 0 saturated carbocycles. The molecule has 0 radical (unpaired) electrons. The Morgan fingerprint density at radius 2 is 1.62 bits per heavy atom. The molecule has 0 saturated heterocycles. The van der Waals surface area contributed by atoms with Crippen LogP contribution in [0.2, 0.25) is 0 Å². The van der Waals surface area contributed by atoms with Gasteiger partial charge in [0.15, 0.2) is 0 Å². The van der Waals surface area contributed by atoms with E-state index in [1.54, 1.807) is 13.8 Å². The molecule has 0 aromatic heterocycles. The predicted molar refractivity (Wildman–Crippen MR) is 62.8 cm³/mol. The number of Topliss-reactive ketones (excluding diaryl/α,β-unsaturated/α-hetero) is 1. The van der Waals surface area contributed by atoms with E-state index in [1.807, 2.05) is 37.3 Å². The van der Waals surface area contributed by atoms with Gasteiger partial charge in [-0.3, -0.25) is 9.59 Å².